The van der Waals surface area contributed by atoms with E-state index in [9.17, 15) is 14.2 Å². The number of nitrogens with zero attached hydrogens (tertiary/aromatic N) is 1. The Balaban J connectivity index is 2.16. The van der Waals surface area contributed by atoms with Crippen LogP contribution in [0.15, 0.2) is 24.3 Å². The third kappa shape index (κ3) is 4.91. The summed E-state index contributed by atoms with van der Waals surface area (Å²) >= 11 is 0. The SMILES string of the molecule is CCP(=O)(CC)OCC(CN1C(=O)c2ccccc2C1=O)O[Si](C)(C)C. The van der Waals surface area contributed by atoms with Crippen LogP contribution in [0.3, 0.4) is 0 Å². The zero-order chi connectivity index (χ0) is 19.5. The van der Waals surface area contributed by atoms with Crippen molar-refractivity contribution in [3.05, 3.63) is 35.4 Å². The Labute approximate surface area is 156 Å². The number of hydrogen-bond donors (Lipinski definition) is 0. The van der Waals surface area contributed by atoms with Gasteiger partial charge in [-0.3, -0.25) is 19.1 Å². The van der Waals surface area contributed by atoms with E-state index < -0.39 is 21.8 Å². The largest absolute Gasteiger partial charge is 0.411 e. The highest BCUT2D eigenvalue weighted by atomic mass is 31.2. The third-order valence-corrected chi connectivity index (χ3v) is 7.83. The number of fused-ring (bicyclic) bond motifs is 1. The average Bonchev–Trinajstić information content (AvgIpc) is 2.83. The van der Waals surface area contributed by atoms with E-state index in [0.29, 0.717) is 23.5 Å². The van der Waals surface area contributed by atoms with Crippen molar-refractivity contribution in [3.63, 3.8) is 0 Å². The molecule has 0 bridgehead atoms. The highest BCUT2D eigenvalue weighted by Crippen LogP contribution is 2.46. The van der Waals surface area contributed by atoms with Gasteiger partial charge in [-0.15, -0.1) is 0 Å². The second-order valence-electron chi connectivity index (χ2n) is 7.36. The van der Waals surface area contributed by atoms with Gasteiger partial charge in [0.25, 0.3) is 11.8 Å². The van der Waals surface area contributed by atoms with Gasteiger partial charge in [0, 0.05) is 12.3 Å². The Morgan fingerprint density at radius 2 is 1.54 bits per heavy atom. The number of rotatable bonds is 9. The van der Waals surface area contributed by atoms with Gasteiger partial charge in [0.2, 0.25) is 7.37 Å². The van der Waals surface area contributed by atoms with Crippen LogP contribution in [0, 0.1) is 0 Å². The van der Waals surface area contributed by atoms with Crippen LogP contribution in [0.1, 0.15) is 34.6 Å². The van der Waals surface area contributed by atoms with E-state index in [1.807, 2.05) is 33.5 Å². The van der Waals surface area contributed by atoms with E-state index in [-0.39, 0.29) is 25.0 Å². The first-order chi connectivity index (χ1) is 12.1. The maximum Gasteiger partial charge on any atom is 0.261 e. The van der Waals surface area contributed by atoms with Gasteiger partial charge < -0.3 is 8.95 Å². The Morgan fingerprint density at radius 1 is 1.04 bits per heavy atom. The summed E-state index contributed by atoms with van der Waals surface area (Å²) < 4.78 is 24.4. The first-order valence-corrected chi connectivity index (χ1v) is 14.4. The van der Waals surface area contributed by atoms with E-state index in [1.54, 1.807) is 24.3 Å². The van der Waals surface area contributed by atoms with Crippen LogP contribution in [0.25, 0.3) is 0 Å². The van der Waals surface area contributed by atoms with Gasteiger partial charge in [-0.05, 0) is 31.8 Å². The predicted molar refractivity (Wildman–Crippen MR) is 105 cm³/mol. The zero-order valence-electron chi connectivity index (χ0n) is 16.2. The number of carbonyl (C=O) groups excluding carboxylic acids is 2. The molecular formula is C18H28NO5PSi. The van der Waals surface area contributed by atoms with E-state index in [4.69, 9.17) is 8.95 Å². The molecular weight excluding hydrogens is 369 g/mol. The molecule has 1 aromatic carbocycles. The lowest BCUT2D eigenvalue weighted by Crippen LogP contribution is -2.44. The molecule has 0 N–H and O–H groups in total. The monoisotopic (exact) mass is 397 g/mol. The molecule has 0 aromatic heterocycles. The first kappa shape index (κ1) is 21.0. The van der Waals surface area contributed by atoms with Crippen molar-refractivity contribution < 1.29 is 23.1 Å². The smallest absolute Gasteiger partial charge is 0.261 e. The molecule has 0 saturated heterocycles. The molecule has 2 rings (SSSR count). The van der Waals surface area contributed by atoms with Crippen LogP contribution < -0.4 is 0 Å². The summed E-state index contributed by atoms with van der Waals surface area (Å²) in [6.45, 7) is 9.97. The quantitative estimate of drug-likeness (QED) is 0.360. The molecule has 1 atom stereocenters. The van der Waals surface area contributed by atoms with Crippen LogP contribution >= 0.6 is 7.37 Å². The maximum atomic E-state index is 12.6. The van der Waals surface area contributed by atoms with Crippen molar-refractivity contribution in [2.24, 2.45) is 0 Å². The van der Waals surface area contributed by atoms with Crippen molar-refractivity contribution in [1.29, 1.82) is 0 Å². The van der Waals surface area contributed by atoms with Gasteiger partial charge in [-0.25, -0.2) is 0 Å². The first-order valence-electron chi connectivity index (χ1n) is 8.96. The lowest BCUT2D eigenvalue weighted by atomic mass is 10.1. The number of carbonyl (C=O) groups is 2. The lowest BCUT2D eigenvalue weighted by Gasteiger charge is -2.30. The van der Waals surface area contributed by atoms with Crippen LogP contribution in [-0.2, 0) is 13.5 Å². The van der Waals surface area contributed by atoms with Crippen molar-refractivity contribution >= 4 is 27.5 Å². The summed E-state index contributed by atoms with van der Waals surface area (Å²) in [6.07, 6.45) is 0.419. The highest BCUT2D eigenvalue weighted by molar-refractivity contribution is 7.58. The number of benzene rings is 1. The molecule has 2 amide bonds. The predicted octanol–water partition coefficient (Wildman–Crippen LogP) is 3.84. The fraction of sp³-hybridized carbons (Fsp3) is 0.556. The summed E-state index contributed by atoms with van der Waals surface area (Å²) in [5.41, 5.74) is 0.830. The lowest BCUT2D eigenvalue weighted by molar-refractivity contribution is 0.0499. The van der Waals surface area contributed by atoms with E-state index in [2.05, 4.69) is 0 Å². The van der Waals surface area contributed by atoms with Gasteiger partial charge in [0.1, 0.15) is 0 Å². The normalized spacial score (nSPS) is 16.1. The van der Waals surface area contributed by atoms with Crippen LogP contribution in [-0.4, -0.2) is 56.6 Å². The van der Waals surface area contributed by atoms with E-state index in [0.717, 1.165) is 0 Å². The maximum absolute atomic E-state index is 12.6. The summed E-state index contributed by atoms with van der Waals surface area (Å²) in [5, 5.41) is 0. The molecule has 1 heterocycles. The van der Waals surface area contributed by atoms with Gasteiger partial charge in [0.15, 0.2) is 8.32 Å². The van der Waals surface area contributed by atoms with Crippen LogP contribution in [0.4, 0.5) is 0 Å². The van der Waals surface area contributed by atoms with Crippen molar-refractivity contribution in [2.75, 3.05) is 25.5 Å². The Morgan fingerprint density at radius 3 is 1.96 bits per heavy atom. The van der Waals surface area contributed by atoms with Crippen LogP contribution in [0.2, 0.25) is 19.6 Å². The minimum Gasteiger partial charge on any atom is -0.411 e. The molecule has 6 nitrogen and oxygen atoms in total. The number of amides is 2. The van der Waals surface area contributed by atoms with Gasteiger partial charge in [-0.1, -0.05) is 26.0 Å². The third-order valence-electron chi connectivity index (χ3n) is 4.24. The van der Waals surface area contributed by atoms with E-state index >= 15 is 0 Å². The molecule has 0 spiro atoms. The van der Waals surface area contributed by atoms with Crippen LogP contribution in [0.5, 0.6) is 0 Å². The van der Waals surface area contributed by atoms with Crippen molar-refractivity contribution in [2.45, 2.75) is 39.6 Å². The summed E-state index contributed by atoms with van der Waals surface area (Å²) in [6, 6.07) is 6.79. The molecule has 0 aliphatic carbocycles. The second kappa shape index (κ2) is 8.17. The van der Waals surface area contributed by atoms with Gasteiger partial charge in [0.05, 0.1) is 30.4 Å². The highest BCUT2D eigenvalue weighted by Gasteiger charge is 2.38. The van der Waals surface area contributed by atoms with Crippen molar-refractivity contribution in [1.82, 2.24) is 4.90 Å². The Hall–Kier alpha value is -1.27. The minimum absolute atomic E-state index is 0.101. The van der Waals surface area contributed by atoms with Crippen molar-refractivity contribution in [3.8, 4) is 0 Å². The average molecular weight is 397 g/mol. The van der Waals surface area contributed by atoms with E-state index in [1.165, 1.54) is 4.90 Å². The summed E-state index contributed by atoms with van der Waals surface area (Å²) in [4.78, 5) is 26.4. The minimum atomic E-state index is -2.69. The fourth-order valence-corrected chi connectivity index (χ4v) is 5.25. The molecule has 1 aliphatic rings. The number of imide groups is 1. The molecule has 1 unspecified atom stereocenters. The zero-order valence-corrected chi connectivity index (χ0v) is 18.0. The molecule has 144 valence electrons. The molecule has 0 fully saturated rings. The number of hydrogen-bond acceptors (Lipinski definition) is 5. The topological polar surface area (TPSA) is 72.9 Å². The molecule has 0 saturated carbocycles. The molecule has 0 radical (unpaired) electrons. The Bertz CT molecular complexity index is 688. The van der Waals surface area contributed by atoms with Gasteiger partial charge in [-0.2, -0.15) is 0 Å². The second-order valence-corrected chi connectivity index (χ2v) is 15.0. The summed E-state index contributed by atoms with van der Waals surface area (Å²) in [7, 11) is -4.64. The standard InChI is InChI=1S/C18H28NO5PSi/c1-6-25(22,7-2)23-13-14(24-26(3,4)5)12-19-17(20)15-10-8-9-11-16(15)18(19)21/h8-11,14H,6-7,12-13H2,1-5H3. The molecule has 8 heteroatoms. The molecule has 26 heavy (non-hydrogen) atoms. The summed E-state index contributed by atoms with van der Waals surface area (Å²) in [5.74, 6) is -0.632. The molecule has 1 aliphatic heterocycles. The Kier molecular flexibility index (Phi) is 6.61. The fourth-order valence-electron chi connectivity index (χ4n) is 2.86. The molecule has 1 aromatic rings. The van der Waals surface area contributed by atoms with Gasteiger partial charge >= 0.3 is 0 Å².